The second-order valence-corrected chi connectivity index (χ2v) is 5.60. The van der Waals surface area contributed by atoms with Crippen molar-refractivity contribution in [2.45, 2.75) is 6.61 Å². The van der Waals surface area contributed by atoms with Crippen LogP contribution in [0.4, 0.5) is 0 Å². The van der Waals surface area contributed by atoms with E-state index in [-0.39, 0.29) is 18.3 Å². The first-order valence-corrected chi connectivity index (χ1v) is 8.13. The Hall–Kier alpha value is -3.12. The predicted molar refractivity (Wildman–Crippen MR) is 96.0 cm³/mol. The normalized spacial score (nSPS) is 10.3. The van der Waals surface area contributed by atoms with E-state index in [1.807, 2.05) is 6.07 Å². The van der Waals surface area contributed by atoms with Gasteiger partial charge in [0.1, 0.15) is 12.4 Å². The van der Waals surface area contributed by atoms with E-state index < -0.39 is 5.97 Å². The Balaban J connectivity index is 1.60. The van der Waals surface area contributed by atoms with Gasteiger partial charge in [0, 0.05) is 0 Å². The molecule has 132 valence electrons. The van der Waals surface area contributed by atoms with Gasteiger partial charge in [-0.05, 0) is 36.4 Å². The molecule has 0 saturated carbocycles. The molecule has 0 saturated heterocycles. The molecule has 0 amide bonds. The zero-order valence-electron chi connectivity index (χ0n) is 13.7. The summed E-state index contributed by atoms with van der Waals surface area (Å²) in [6.45, 7) is 3.86. The van der Waals surface area contributed by atoms with Gasteiger partial charge in [-0.25, -0.2) is 4.79 Å². The molecule has 0 aliphatic carbocycles. The SMILES string of the molecule is C=CCOc1ccc(C(=O)OCc2noc(-c3ccccc3Cl)n2)cc1. The number of carbonyl (C=O) groups excluding carboxylic acids is 1. The molecule has 0 fully saturated rings. The largest absolute Gasteiger partial charge is 0.490 e. The first kappa shape index (κ1) is 17.7. The maximum absolute atomic E-state index is 12.1. The number of esters is 1. The molecule has 0 aliphatic heterocycles. The van der Waals surface area contributed by atoms with Crippen LogP contribution >= 0.6 is 11.6 Å². The molecule has 1 aromatic heterocycles. The lowest BCUT2D eigenvalue weighted by Crippen LogP contribution is -2.06. The number of aromatic nitrogens is 2. The molecule has 6 nitrogen and oxygen atoms in total. The van der Waals surface area contributed by atoms with Gasteiger partial charge in [0.2, 0.25) is 5.82 Å². The fourth-order valence-corrected chi connectivity index (χ4v) is 2.33. The summed E-state index contributed by atoms with van der Waals surface area (Å²) in [6.07, 6.45) is 1.64. The third kappa shape index (κ3) is 4.29. The van der Waals surface area contributed by atoms with Gasteiger partial charge in [0.15, 0.2) is 6.61 Å². The summed E-state index contributed by atoms with van der Waals surface area (Å²) in [5.74, 6) is 0.665. The molecule has 0 unspecified atom stereocenters. The summed E-state index contributed by atoms with van der Waals surface area (Å²) >= 11 is 6.09. The van der Waals surface area contributed by atoms with Crippen molar-refractivity contribution in [1.82, 2.24) is 10.1 Å². The van der Waals surface area contributed by atoms with Crippen molar-refractivity contribution < 1.29 is 18.8 Å². The average Bonchev–Trinajstić information content (AvgIpc) is 3.14. The summed E-state index contributed by atoms with van der Waals surface area (Å²) in [7, 11) is 0. The van der Waals surface area contributed by atoms with Crippen molar-refractivity contribution in [3.05, 3.63) is 77.6 Å². The van der Waals surface area contributed by atoms with Gasteiger partial charge in [-0.15, -0.1) is 0 Å². The highest BCUT2D eigenvalue weighted by molar-refractivity contribution is 6.33. The van der Waals surface area contributed by atoms with Gasteiger partial charge in [-0.3, -0.25) is 0 Å². The number of benzene rings is 2. The average molecular weight is 371 g/mol. The second-order valence-electron chi connectivity index (χ2n) is 5.20. The fraction of sp³-hybridized carbons (Fsp3) is 0.105. The smallest absolute Gasteiger partial charge is 0.338 e. The minimum atomic E-state index is -0.496. The van der Waals surface area contributed by atoms with Crippen molar-refractivity contribution in [2.24, 2.45) is 0 Å². The predicted octanol–water partition coefficient (Wildman–Crippen LogP) is 4.31. The molecule has 2 aromatic carbocycles. The first-order chi connectivity index (χ1) is 12.7. The van der Waals surface area contributed by atoms with Crippen LogP contribution in [-0.4, -0.2) is 22.7 Å². The number of ether oxygens (including phenoxy) is 2. The van der Waals surface area contributed by atoms with Crippen molar-refractivity contribution >= 4 is 17.6 Å². The molecule has 3 rings (SSSR count). The molecule has 0 aliphatic rings. The molecule has 1 heterocycles. The van der Waals surface area contributed by atoms with Crippen LogP contribution in [0.5, 0.6) is 5.75 Å². The zero-order chi connectivity index (χ0) is 18.4. The van der Waals surface area contributed by atoms with Crippen molar-refractivity contribution in [3.63, 3.8) is 0 Å². The van der Waals surface area contributed by atoms with Crippen LogP contribution in [0.1, 0.15) is 16.2 Å². The summed E-state index contributed by atoms with van der Waals surface area (Å²) in [4.78, 5) is 16.3. The number of halogens is 1. The van der Waals surface area contributed by atoms with E-state index in [0.29, 0.717) is 28.5 Å². The Morgan fingerprint density at radius 2 is 1.96 bits per heavy atom. The summed E-state index contributed by atoms with van der Waals surface area (Å²) in [6, 6.07) is 13.7. The standard InChI is InChI=1S/C19H15ClN2O4/c1-2-11-24-14-9-7-13(8-10-14)19(23)25-12-17-21-18(26-22-17)15-5-3-4-6-16(15)20/h2-10H,1,11-12H2. The number of rotatable bonds is 7. The highest BCUT2D eigenvalue weighted by Gasteiger charge is 2.14. The number of carbonyl (C=O) groups is 1. The highest BCUT2D eigenvalue weighted by atomic mass is 35.5. The lowest BCUT2D eigenvalue weighted by Gasteiger charge is -2.05. The maximum Gasteiger partial charge on any atom is 0.338 e. The lowest BCUT2D eigenvalue weighted by atomic mass is 10.2. The van der Waals surface area contributed by atoms with Gasteiger partial charge in [0.25, 0.3) is 5.89 Å². The first-order valence-electron chi connectivity index (χ1n) is 7.75. The van der Waals surface area contributed by atoms with Crippen LogP contribution in [0.25, 0.3) is 11.5 Å². The van der Waals surface area contributed by atoms with Crippen molar-refractivity contribution in [3.8, 4) is 17.2 Å². The molecule has 7 heteroatoms. The van der Waals surface area contributed by atoms with E-state index in [2.05, 4.69) is 16.7 Å². The summed E-state index contributed by atoms with van der Waals surface area (Å²) < 4.78 is 15.7. The number of hydrogen-bond donors (Lipinski definition) is 0. The van der Waals surface area contributed by atoms with Crippen LogP contribution in [0.15, 0.2) is 65.7 Å². The van der Waals surface area contributed by atoms with Crippen LogP contribution in [0.3, 0.4) is 0 Å². The third-order valence-electron chi connectivity index (χ3n) is 3.36. The van der Waals surface area contributed by atoms with Gasteiger partial charge in [-0.1, -0.05) is 41.5 Å². The van der Waals surface area contributed by atoms with Crippen LogP contribution in [0, 0.1) is 0 Å². The van der Waals surface area contributed by atoms with Crippen molar-refractivity contribution in [2.75, 3.05) is 6.61 Å². The van der Waals surface area contributed by atoms with E-state index in [0.717, 1.165) is 0 Å². The molecular formula is C19H15ClN2O4. The Kier molecular flexibility index (Phi) is 5.66. The van der Waals surface area contributed by atoms with E-state index in [9.17, 15) is 4.79 Å². The number of nitrogens with zero attached hydrogens (tertiary/aromatic N) is 2. The third-order valence-corrected chi connectivity index (χ3v) is 3.69. The maximum atomic E-state index is 12.1. The van der Waals surface area contributed by atoms with Gasteiger partial charge < -0.3 is 14.0 Å². The van der Waals surface area contributed by atoms with Crippen molar-refractivity contribution in [1.29, 1.82) is 0 Å². The van der Waals surface area contributed by atoms with E-state index in [1.165, 1.54) is 0 Å². The molecule has 3 aromatic rings. The quantitative estimate of drug-likeness (QED) is 0.455. The minimum Gasteiger partial charge on any atom is -0.490 e. The topological polar surface area (TPSA) is 74.5 Å². The Morgan fingerprint density at radius 1 is 1.19 bits per heavy atom. The molecule has 0 bridgehead atoms. The lowest BCUT2D eigenvalue weighted by molar-refractivity contribution is 0.0459. The Morgan fingerprint density at radius 3 is 2.69 bits per heavy atom. The molecule has 26 heavy (non-hydrogen) atoms. The monoisotopic (exact) mass is 370 g/mol. The Bertz CT molecular complexity index is 906. The second kappa shape index (κ2) is 8.31. The molecular weight excluding hydrogens is 356 g/mol. The van der Waals surface area contributed by atoms with Gasteiger partial charge >= 0.3 is 5.97 Å². The molecule has 0 atom stereocenters. The highest BCUT2D eigenvalue weighted by Crippen LogP contribution is 2.25. The summed E-state index contributed by atoms with van der Waals surface area (Å²) in [5, 5.41) is 4.29. The fourth-order valence-electron chi connectivity index (χ4n) is 2.11. The van der Waals surface area contributed by atoms with Gasteiger partial charge in [-0.2, -0.15) is 4.98 Å². The van der Waals surface area contributed by atoms with E-state index in [1.54, 1.807) is 48.5 Å². The van der Waals surface area contributed by atoms with E-state index >= 15 is 0 Å². The number of hydrogen-bond acceptors (Lipinski definition) is 6. The van der Waals surface area contributed by atoms with Gasteiger partial charge in [0.05, 0.1) is 16.1 Å². The van der Waals surface area contributed by atoms with Crippen LogP contribution < -0.4 is 4.74 Å². The van der Waals surface area contributed by atoms with E-state index in [4.69, 9.17) is 25.6 Å². The molecule has 0 radical (unpaired) electrons. The molecule has 0 spiro atoms. The molecule has 0 N–H and O–H groups in total. The van der Waals surface area contributed by atoms with Crippen LogP contribution in [-0.2, 0) is 11.3 Å². The van der Waals surface area contributed by atoms with Crippen LogP contribution in [0.2, 0.25) is 5.02 Å². The zero-order valence-corrected chi connectivity index (χ0v) is 14.5. The Labute approximate surface area is 155 Å². The minimum absolute atomic E-state index is 0.110. The summed E-state index contributed by atoms with van der Waals surface area (Å²) in [5.41, 5.74) is 1.01.